The number of aromatic nitrogens is 1. The Labute approximate surface area is 124 Å². The minimum atomic E-state index is 0.249. The van der Waals surface area contributed by atoms with Crippen LogP contribution < -0.4 is 16.0 Å². The molecule has 2 aromatic rings. The van der Waals surface area contributed by atoms with Gasteiger partial charge in [0.15, 0.2) is 0 Å². The van der Waals surface area contributed by atoms with Gasteiger partial charge in [-0.25, -0.2) is 4.98 Å². The van der Waals surface area contributed by atoms with Gasteiger partial charge in [0.1, 0.15) is 5.75 Å². The number of nitrogens with one attached hydrogen (secondary N) is 1. The van der Waals surface area contributed by atoms with Gasteiger partial charge < -0.3 is 4.74 Å². The Kier molecular flexibility index (Phi) is 5.52. The first-order valence-electron chi connectivity index (χ1n) is 6.71. The lowest BCUT2D eigenvalue weighted by molar-refractivity contribution is 0.414. The van der Waals surface area contributed by atoms with Crippen molar-refractivity contribution < 1.29 is 4.74 Å². The Balaban J connectivity index is 1.86. The number of aryl methyl sites for hydroxylation is 2. The third-order valence-electron chi connectivity index (χ3n) is 3.30. The summed E-state index contributed by atoms with van der Waals surface area (Å²) in [6, 6.07) is 8.42. The Hall–Kier alpha value is -1.43. The number of benzene rings is 1. The van der Waals surface area contributed by atoms with Crippen LogP contribution in [0.3, 0.4) is 0 Å². The summed E-state index contributed by atoms with van der Waals surface area (Å²) in [7, 11) is 1.68. The normalized spacial score (nSPS) is 12.3. The Bertz CT molecular complexity index is 524. The van der Waals surface area contributed by atoms with E-state index in [1.54, 1.807) is 18.4 Å². The number of nitrogens with zero attached hydrogens (tertiary/aromatic N) is 1. The molecule has 3 N–H and O–H groups in total. The smallest absolute Gasteiger partial charge is 0.118 e. The van der Waals surface area contributed by atoms with Crippen molar-refractivity contribution in [2.45, 2.75) is 32.2 Å². The molecular formula is C15H21N3OS. The van der Waals surface area contributed by atoms with Crippen LogP contribution in [0, 0.1) is 6.92 Å². The maximum Gasteiger partial charge on any atom is 0.118 e. The molecule has 0 saturated carbocycles. The number of ether oxygens (including phenoxy) is 1. The van der Waals surface area contributed by atoms with Gasteiger partial charge in [-0.3, -0.25) is 11.3 Å². The molecule has 0 aliphatic heterocycles. The third kappa shape index (κ3) is 4.30. The SMILES string of the molecule is COc1ccc(CCC(Cc2csc(C)n2)NN)cc1. The van der Waals surface area contributed by atoms with E-state index in [1.807, 2.05) is 19.1 Å². The van der Waals surface area contributed by atoms with Crippen molar-refractivity contribution in [1.29, 1.82) is 0 Å². The zero-order chi connectivity index (χ0) is 14.4. The summed E-state index contributed by atoms with van der Waals surface area (Å²) in [6.45, 7) is 2.02. The van der Waals surface area contributed by atoms with Crippen LogP contribution in [-0.4, -0.2) is 18.1 Å². The van der Waals surface area contributed by atoms with E-state index in [2.05, 4.69) is 27.9 Å². The number of hydrogen-bond acceptors (Lipinski definition) is 5. The second kappa shape index (κ2) is 7.38. The number of nitrogens with two attached hydrogens (primary N) is 1. The van der Waals surface area contributed by atoms with Gasteiger partial charge in [0.25, 0.3) is 0 Å². The summed E-state index contributed by atoms with van der Waals surface area (Å²) in [5.41, 5.74) is 5.30. The largest absolute Gasteiger partial charge is 0.497 e. The Morgan fingerprint density at radius 1 is 1.35 bits per heavy atom. The van der Waals surface area contributed by atoms with Crippen LogP contribution >= 0.6 is 11.3 Å². The lowest BCUT2D eigenvalue weighted by Crippen LogP contribution is -2.37. The highest BCUT2D eigenvalue weighted by molar-refractivity contribution is 7.09. The Morgan fingerprint density at radius 3 is 2.65 bits per heavy atom. The standard InChI is InChI=1S/C15H21N3OS/c1-11-17-14(10-20-11)9-13(18-16)6-3-12-4-7-15(19-2)8-5-12/h4-5,7-8,10,13,18H,3,6,9,16H2,1-2H3. The van der Waals surface area contributed by atoms with Crippen LogP contribution in [0.2, 0.25) is 0 Å². The van der Waals surface area contributed by atoms with Crippen molar-refractivity contribution in [3.63, 3.8) is 0 Å². The van der Waals surface area contributed by atoms with Gasteiger partial charge in [-0.15, -0.1) is 11.3 Å². The second-order valence-corrected chi connectivity index (χ2v) is 5.87. The lowest BCUT2D eigenvalue weighted by Gasteiger charge is -2.14. The number of hydrazine groups is 1. The van der Waals surface area contributed by atoms with E-state index in [0.29, 0.717) is 0 Å². The van der Waals surface area contributed by atoms with Crippen molar-refractivity contribution in [3.05, 3.63) is 45.9 Å². The number of methoxy groups -OCH3 is 1. The predicted octanol–water partition coefficient (Wildman–Crippen LogP) is 2.47. The van der Waals surface area contributed by atoms with E-state index in [1.165, 1.54) is 5.56 Å². The summed E-state index contributed by atoms with van der Waals surface area (Å²) in [4.78, 5) is 4.48. The monoisotopic (exact) mass is 291 g/mol. The molecule has 1 atom stereocenters. The molecule has 0 aliphatic rings. The fourth-order valence-electron chi connectivity index (χ4n) is 2.13. The van der Waals surface area contributed by atoms with Gasteiger partial charge in [0.05, 0.1) is 17.8 Å². The van der Waals surface area contributed by atoms with Crippen LogP contribution in [-0.2, 0) is 12.8 Å². The van der Waals surface area contributed by atoms with Crippen molar-refractivity contribution in [2.75, 3.05) is 7.11 Å². The zero-order valence-electron chi connectivity index (χ0n) is 11.9. The molecule has 0 bridgehead atoms. The number of rotatable bonds is 7. The highest BCUT2D eigenvalue weighted by Crippen LogP contribution is 2.15. The highest BCUT2D eigenvalue weighted by atomic mass is 32.1. The van der Waals surface area contributed by atoms with Crippen molar-refractivity contribution in [1.82, 2.24) is 10.4 Å². The maximum absolute atomic E-state index is 5.64. The van der Waals surface area contributed by atoms with E-state index in [0.717, 1.165) is 35.7 Å². The first-order valence-corrected chi connectivity index (χ1v) is 7.59. The van der Waals surface area contributed by atoms with Crippen LogP contribution in [0.5, 0.6) is 5.75 Å². The van der Waals surface area contributed by atoms with Gasteiger partial charge in [-0.05, 0) is 37.5 Å². The van der Waals surface area contributed by atoms with Gasteiger partial charge in [0, 0.05) is 17.8 Å². The van der Waals surface area contributed by atoms with Gasteiger partial charge in [0.2, 0.25) is 0 Å². The predicted molar refractivity (Wildman–Crippen MR) is 83.0 cm³/mol. The molecule has 108 valence electrons. The van der Waals surface area contributed by atoms with E-state index in [-0.39, 0.29) is 6.04 Å². The molecule has 0 spiro atoms. The zero-order valence-corrected chi connectivity index (χ0v) is 12.7. The minimum Gasteiger partial charge on any atom is -0.497 e. The molecule has 1 aromatic carbocycles. The van der Waals surface area contributed by atoms with Crippen molar-refractivity contribution in [2.24, 2.45) is 5.84 Å². The molecule has 0 radical (unpaired) electrons. The quantitative estimate of drug-likeness (QED) is 0.608. The Morgan fingerprint density at radius 2 is 2.10 bits per heavy atom. The van der Waals surface area contributed by atoms with E-state index in [4.69, 9.17) is 10.6 Å². The summed E-state index contributed by atoms with van der Waals surface area (Å²) >= 11 is 1.68. The van der Waals surface area contributed by atoms with Crippen molar-refractivity contribution in [3.8, 4) is 5.75 Å². The fourth-order valence-corrected chi connectivity index (χ4v) is 2.76. The lowest BCUT2D eigenvalue weighted by atomic mass is 10.0. The number of thiazole rings is 1. The first-order chi connectivity index (χ1) is 9.71. The molecule has 2 rings (SSSR count). The van der Waals surface area contributed by atoms with E-state index in [9.17, 15) is 0 Å². The van der Waals surface area contributed by atoms with Crippen LogP contribution in [0.15, 0.2) is 29.6 Å². The third-order valence-corrected chi connectivity index (χ3v) is 4.12. The highest BCUT2D eigenvalue weighted by Gasteiger charge is 2.10. The van der Waals surface area contributed by atoms with E-state index >= 15 is 0 Å². The molecule has 0 amide bonds. The van der Waals surface area contributed by atoms with Gasteiger partial charge >= 0.3 is 0 Å². The molecule has 0 saturated heterocycles. The first kappa shape index (κ1) is 15.0. The molecule has 20 heavy (non-hydrogen) atoms. The van der Waals surface area contributed by atoms with Crippen molar-refractivity contribution >= 4 is 11.3 Å². The fraction of sp³-hybridized carbons (Fsp3) is 0.400. The van der Waals surface area contributed by atoms with Gasteiger partial charge in [-0.2, -0.15) is 0 Å². The average molecular weight is 291 g/mol. The molecule has 0 aliphatic carbocycles. The maximum atomic E-state index is 5.64. The van der Waals surface area contributed by atoms with Crippen LogP contribution in [0.4, 0.5) is 0 Å². The molecule has 5 heteroatoms. The summed E-state index contributed by atoms with van der Waals surface area (Å²) in [5, 5.41) is 3.21. The second-order valence-electron chi connectivity index (χ2n) is 4.81. The van der Waals surface area contributed by atoms with Crippen LogP contribution in [0.25, 0.3) is 0 Å². The topological polar surface area (TPSA) is 60.2 Å². The van der Waals surface area contributed by atoms with E-state index < -0.39 is 0 Å². The molecule has 4 nitrogen and oxygen atoms in total. The summed E-state index contributed by atoms with van der Waals surface area (Å²) in [6.07, 6.45) is 2.85. The van der Waals surface area contributed by atoms with Crippen LogP contribution in [0.1, 0.15) is 22.7 Å². The molecule has 1 heterocycles. The molecular weight excluding hydrogens is 270 g/mol. The molecule has 0 fully saturated rings. The minimum absolute atomic E-state index is 0.249. The summed E-state index contributed by atoms with van der Waals surface area (Å²) < 4.78 is 5.16. The molecule has 1 aromatic heterocycles. The molecule has 1 unspecified atom stereocenters. The number of hydrogen-bond donors (Lipinski definition) is 2. The summed E-state index contributed by atoms with van der Waals surface area (Å²) in [5.74, 6) is 6.53. The average Bonchev–Trinajstić information content (AvgIpc) is 2.89. The van der Waals surface area contributed by atoms with Gasteiger partial charge in [-0.1, -0.05) is 12.1 Å².